The number of benzene rings is 1. The molecule has 2 unspecified atom stereocenters. The zero-order valence-corrected chi connectivity index (χ0v) is 11.4. The van der Waals surface area contributed by atoms with Crippen LogP contribution in [0.4, 0.5) is 5.69 Å². The quantitative estimate of drug-likeness (QED) is 0.802. The summed E-state index contributed by atoms with van der Waals surface area (Å²) in [5.74, 6) is 0.377. The van der Waals surface area contributed by atoms with Gasteiger partial charge in [0.2, 0.25) is 5.91 Å². The van der Waals surface area contributed by atoms with Gasteiger partial charge in [-0.15, -0.1) is 0 Å². The van der Waals surface area contributed by atoms with Gasteiger partial charge in [0.1, 0.15) is 0 Å². The molecule has 18 heavy (non-hydrogen) atoms. The predicted octanol–water partition coefficient (Wildman–Crippen LogP) is 2.68. The molecule has 98 valence electrons. The van der Waals surface area contributed by atoms with E-state index in [0.717, 1.165) is 17.7 Å². The third-order valence-corrected chi connectivity index (χ3v) is 3.85. The fourth-order valence-corrected chi connectivity index (χ4v) is 2.19. The summed E-state index contributed by atoms with van der Waals surface area (Å²) < 4.78 is 0. The summed E-state index contributed by atoms with van der Waals surface area (Å²) in [6.45, 7) is 6.44. The number of nitrogens with one attached hydrogen (secondary N) is 1. The first-order valence-electron chi connectivity index (χ1n) is 6.53. The van der Waals surface area contributed by atoms with Gasteiger partial charge in [0.15, 0.2) is 0 Å². The molecular weight excluding hydrogens is 224 g/mol. The van der Waals surface area contributed by atoms with Crippen molar-refractivity contribution in [1.29, 1.82) is 0 Å². The topological polar surface area (TPSA) is 55.1 Å². The lowest BCUT2D eigenvalue weighted by Crippen LogP contribution is -2.29. The van der Waals surface area contributed by atoms with Crippen molar-refractivity contribution in [1.82, 2.24) is 5.32 Å². The minimum atomic E-state index is 0.148. The molecule has 1 aromatic rings. The molecular formula is C15H22N2O. The van der Waals surface area contributed by atoms with Crippen LogP contribution < -0.4 is 11.1 Å². The molecule has 0 saturated heterocycles. The fraction of sp³-hybridized carbons (Fsp3) is 0.533. The lowest BCUT2D eigenvalue weighted by Gasteiger charge is -2.13. The number of nitrogens with two attached hydrogens (primary N) is 1. The molecule has 3 N–H and O–H groups in total. The Morgan fingerprint density at radius 2 is 2.00 bits per heavy atom. The Balaban J connectivity index is 1.85. The van der Waals surface area contributed by atoms with Gasteiger partial charge in [-0.3, -0.25) is 4.79 Å². The van der Waals surface area contributed by atoms with E-state index >= 15 is 0 Å². The first-order valence-corrected chi connectivity index (χ1v) is 6.53. The van der Waals surface area contributed by atoms with Gasteiger partial charge in [-0.2, -0.15) is 0 Å². The summed E-state index contributed by atoms with van der Waals surface area (Å²) in [4.78, 5) is 11.9. The summed E-state index contributed by atoms with van der Waals surface area (Å²) in [5, 5.41) is 3.09. The summed E-state index contributed by atoms with van der Waals surface area (Å²) in [7, 11) is 0. The smallest absolute Gasteiger partial charge is 0.220 e. The van der Waals surface area contributed by atoms with Gasteiger partial charge in [-0.1, -0.05) is 32.9 Å². The Morgan fingerprint density at radius 1 is 1.44 bits per heavy atom. The van der Waals surface area contributed by atoms with Crippen LogP contribution in [0.1, 0.15) is 45.1 Å². The second-order valence-electron chi connectivity index (χ2n) is 6.08. The summed E-state index contributed by atoms with van der Waals surface area (Å²) >= 11 is 0. The highest BCUT2D eigenvalue weighted by molar-refractivity contribution is 5.77. The highest BCUT2D eigenvalue weighted by atomic mass is 16.1. The van der Waals surface area contributed by atoms with Gasteiger partial charge in [0.05, 0.1) is 0 Å². The standard InChI is InChI=1S/C15H22N2O/c1-10(11-4-6-12(16)7-5-11)8-14(18)17-13-9-15(13,2)3/h4-7,10,13H,8-9,16H2,1-3H3,(H,17,18). The Bertz CT molecular complexity index is 436. The molecule has 1 fully saturated rings. The van der Waals surface area contributed by atoms with Crippen molar-refractivity contribution in [2.24, 2.45) is 5.41 Å². The zero-order chi connectivity index (χ0) is 13.3. The molecule has 1 amide bonds. The van der Waals surface area contributed by atoms with Gasteiger partial charge in [-0.25, -0.2) is 0 Å². The van der Waals surface area contributed by atoms with Crippen molar-refractivity contribution in [2.45, 2.75) is 45.6 Å². The van der Waals surface area contributed by atoms with E-state index in [1.807, 2.05) is 24.3 Å². The van der Waals surface area contributed by atoms with Crippen LogP contribution in [0.2, 0.25) is 0 Å². The Kier molecular flexibility index (Phi) is 3.33. The first kappa shape index (κ1) is 12.9. The van der Waals surface area contributed by atoms with Crippen LogP contribution in [0.3, 0.4) is 0 Å². The fourth-order valence-electron chi connectivity index (χ4n) is 2.19. The van der Waals surface area contributed by atoms with Gasteiger partial charge in [-0.05, 0) is 35.4 Å². The molecule has 1 aliphatic carbocycles. The highest BCUT2D eigenvalue weighted by Crippen LogP contribution is 2.44. The minimum Gasteiger partial charge on any atom is -0.399 e. The largest absolute Gasteiger partial charge is 0.399 e. The summed E-state index contributed by atoms with van der Waals surface area (Å²) in [5.41, 5.74) is 7.87. The lowest BCUT2D eigenvalue weighted by molar-refractivity contribution is -0.121. The Labute approximate surface area is 109 Å². The van der Waals surface area contributed by atoms with Crippen molar-refractivity contribution in [2.75, 3.05) is 5.73 Å². The van der Waals surface area contributed by atoms with Crippen LogP contribution in [-0.2, 0) is 4.79 Å². The maximum Gasteiger partial charge on any atom is 0.220 e. The molecule has 0 aromatic heterocycles. The van der Waals surface area contributed by atoms with Crippen LogP contribution in [0, 0.1) is 5.41 Å². The third-order valence-electron chi connectivity index (χ3n) is 3.85. The Morgan fingerprint density at radius 3 is 2.50 bits per heavy atom. The van der Waals surface area contributed by atoms with Crippen LogP contribution in [0.15, 0.2) is 24.3 Å². The summed E-state index contributed by atoms with van der Waals surface area (Å²) in [6, 6.07) is 8.12. The Hall–Kier alpha value is -1.51. The SMILES string of the molecule is CC(CC(=O)NC1CC1(C)C)c1ccc(N)cc1. The van der Waals surface area contributed by atoms with Crippen LogP contribution in [-0.4, -0.2) is 11.9 Å². The first-order chi connectivity index (χ1) is 8.38. The number of hydrogen-bond donors (Lipinski definition) is 2. The average molecular weight is 246 g/mol. The minimum absolute atomic E-state index is 0.148. The number of carbonyl (C=O) groups is 1. The number of hydrogen-bond acceptors (Lipinski definition) is 2. The molecule has 0 spiro atoms. The summed E-state index contributed by atoms with van der Waals surface area (Å²) in [6.07, 6.45) is 1.63. The van der Waals surface area contributed by atoms with Gasteiger partial charge in [0, 0.05) is 18.2 Å². The van der Waals surface area contributed by atoms with Gasteiger partial charge < -0.3 is 11.1 Å². The molecule has 1 aromatic carbocycles. The van der Waals surface area contributed by atoms with Crippen molar-refractivity contribution in [3.63, 3.8) is 0 Å². The highest BCUT2D eigenvalue weighted by Gasteiger charge is 2.46. The molecule has 0 heterocycles. The number of amides is 1. The number of rotatable bonds is 4. The monoisotopic (exact) mass is 246 g/mol. The maximum atomic E-state index is 11.9. The molecule has 3 heteroatoms. The predicted molar refractivity (Wildman–Crippen MR) is 74.2 cm³/mol. The van der Waals surface area contributed by atoms with E-state index in [9.17, 15) is 4.79 Å². The number of carbonyl (C=O) groups excluding carboxylic acids is 1. The van der Waals surface area contributed by atoms with Crippen molar-refractivity contribution < 1.29 is 4.79 Å². The molecule has 3 nitrogen and oxygen atoms in total. The second kappa shape index (κ2) is 4.63. The van der Waals surface area contributed by atoms with Crippen molar-refractivity contribution >= 4 is 11.6 Å². The molecule has 1 aliphatic rings. The van der Waals surface area contributed by atoms with E-state index in [2.05, 4.69) is 26.1 Å². The normalized spacial score (nSPS) is 22.3. The third kappa shape index (κ3) is 3.03. The van der Waals surface area contributed by atoms with Crippen molar-refractivity contribution in [3.8, 4) is 0 Å². The van der Waals surface area contributed by atoms with Gasteiger partial charge in [0.25, 0.3) is 0 Å². The molecule has 0 radical (unpaired) electrons. The van der Waals surface area contributed by atoms with E-state index < -0.39 is 0 Å². The van der Waals surface area contributed by atoms with Crippen LogP contribution in [0.5, 0.6) is 0 Å². The van der Waals surface area contributed by atoms with Gasteiger partial charge >= 0.3 is 0 Å². The van der Waals surface area contributed by atoms with E-state index in [1.165, 1.54) is 0 Å². The van der Waals surface area contributed by atoms with E-state index in [-0.39, 0.29) is 11.8 Å². The average Bonchev–Trinajstić information content (AvgIpc) is 2.86. The number of nitrogen functional groups attached to an aromatic ring is 1. The van der Waals surface area contributed by atoms with Crippen LogP contribution in [0.25, 0.3) is 0 Å². The van der Waals surface area contributed by atoms with E-state index in [1.54, 1.807) is 0 Å². The van der Waals surface area contributed by atoms with Crippen molar-refractivity contribution in [3.05, 3.63) is 29.8 Å². The molecule has 0 bridgehead atoms. The second-order valence-corrected chi connectivity index (χ2v) is 6.08. The molecule has 2 rings (SSSR count). The van der Waals surface area contributed by atoms with E-state index in [0.29, 0.717) is 17.9 Å². The van der Waals surface area contributed by atoms with E-state index in [4.69, 9.17) is 5.73 Å². The molecule has 0 aliphatic heterocycles. The lowest BCUT2D eigenvalue weighted by atomic mass is 9.97. The number of anilines is 1. The van der Waals surface area contributed by atoms with Crippen LogP contribution >= 0.6 is 0 Å². The zero-order valence-electron chi connectivity index (χ0n) is 11.4. The molecule has 2 atom stereocenters. The molecule has 1 saturated carbocycles. The maximum absolute atomic E-state index is 11.9.